The molecule has 1 aromatic heterocycles. The summed E-state index contributed by atoms with van der Waals surface area (Å²) < 4.78 is 24.7. The number of ketones is 1. The van der Waals surface area contributed by atoms with Gasteiger partial charge in [0.05, 0.1) is 0 Å². The monoisotopic (exact) mass is 1010 g/mol. The Kier molecular flexibility index (Phi) is 34.4. The first-order chi connectivity index (χ1) is 35.6. The summed E-state index contributed by atoms with van der Waals surface area (Å²) in [5, 5.41) is 9.96. The lowest BCUT2D eigenvalue weighted by Crippen LogP contribution is -2.20. The highest BCUT2D eigenvalue weighted by molar-refractivity contribution is 6.08. The van der Waals surface area contributed by atoms with Crippen LogP contribution in [0.1, 0.15) is 295 Å². The maximum absolute atomic E-state index is 15.1. The third-order valence-electron chi connectivity index (χ3n) is 14.1. The molecule has 410 valence electrons. The molecule has 10 nitrogen and oxygen atoms in total. The van der Waals surface area contributed by atoms with Gasteiger partial charge in [0.2, 0.25) is 11.2 Å². The molecule has 0 unspecified atom stereocenters. The van der Waals surface area contributed by atoms with Crippen LogP contribution in [0.3, 0.4) is 0 Å². The number of ether oxygens (including phenoxy) is 3. The molecule has 0 bridgehead atoms. The number of phenolic OH excluding ortho intramolecular Hbond substituents is 1. The first-order valence-corrected chi connectivity index (χ1v) is 29.8. The van der Waals surface area contributed by atoms with Crippen LogP contribution < -0.4 is 19.6 Å². The number of phenols is 1. The van der Waals surface area contributed by atoms with Gasteiger partial charge in [0.1, 0.15) is 28.0 Å². The first-order valence-electron chi connectivity index (χ1n) is 29.8. The number of carbonyl (C=O) groups is 4. The Balaban J connectivity index is 2.06. The summed E-state index contributed by atoms with van der Waals surface area (Å²) in [5.74, 6) is -3.24. The normalized spacial score (nSPS) is 11.3. The lowest BCUT2D eigenvalue weighted by molar-refractivity contribution is -0.135. The van der Waals surface area contributed by atoms with Gasteiger partial charge in [-0.05, 0) is 49.9 Å². The Hall–Kier alpha value is -4.47. The van der Waals surface area contributed by atoms with Gasteiger partial charge in [-0.15, -0.1) is 0 Å². The zero-order valence-electron chi connectivity index (χ0n) is 46.3. The summed E-state index contributed by atoms with van der Waals surface area (Å²) in [5.41, 5.74) is -0.742. The quantitative estimate of drug-likeness (QED) is 0.0251. The lowest BCUT2D eigenvalue weighted by atomic mass is 9.98. The van der Waals surface area contributed by atoms with Crippen LogP contribution in [0, 0.1) is 0 Å². The van der Waals surface area contributed by atoms with Crippen molar-refractivity contribution in [3.05, 3.63) is 46.1 Å². The number of benzene rings is 2. The summed E-state index contributed by atoms with van der Waals surface area (Å²) in [4.78, 5) is 71.1. The number of unbranched alkanes of at least 4 members (excludes halogenated alkanes) is 32. The van der Waals surface area contributed by atoms with E-state index in [1.54, 1.807) is 12.1 Å². The standard InChI is InChI=1S/C63H98O10/c1-5-9-13-17-21-25-29-33-37-41-52(65)58-53(70-55(66)42-38-34-30-26-22-18-14-10-6-2)49-54-59(62(58)72-56(67)43-39-35-31-27-23-19-15-11-7-3)60(69)63(61(71-54)50-45-47-51(64)48-46-50)73-57(68)44-40-36-32-28-24-20-16-12-8-4/h45-49,64H,5-44H2,1-4H3. The highest BCUT2D eigenvalue weighted by Crippen LogP contribution is 2.42. The fourth-order valence-electron chi connectivity index (χ4n) is 9.59. The second-order valence-electron chi connectivity index (χ2n) is 20.7. The third-order valence-corrected chi connectivity index (χ3v) is 14.1. The molecular formula is C63H98O10. The van der Waals surface area contributed by atoms with Gasteiger partial charge < -0.3 is 23.7 Å². The zero-order chi connectivity index (χ0) is 52.7. The Labute approximate surface area is 440 Å². The van der Waals surface area contributed by atoms with Crippen LogP contribution in [-0.2, 0) is 14.4 Å². The lowest BCUT2D eigenvalue weighted by Gasteiger charge is -2.18. The van der Waals surface area contributed by atoms with Gasteiger partial charge >= 0.3 is 17.9 Å². The van der Waals surface area contributed by atoms with E-state index in [-0.39, 0.29) is 65.2 Å². The second kappa shape index (κ2) is 39.9. The van der Waals surface area contributed by atoms with Crippen molar-refractivity contribution >= 4 is 34.7 Å². The third kappa shape index (κ3) is 26.0. The highest BCUT2D eigenvalue weighted by atomic mass is 16.6. The molecule has 0 atom stereocenters. The van der Waals surface area contributed by atoms with Gasteiger partial charge in [-0.2, -0.15) is 0 Å². The van der Waals surface area contributed by atoms with Crippen molar-refractivity contribution in [2.75, 3.05) is 0 Å². The van der Waals surface area contributed by atoms with Crippen LogP contribution in [0.5, 0.6) is 23.0 Å². The van der Waals surface area contributed by atoms with Crippen LogP contribution in [0.4, 0.5) is 0 Å². The molecule has 73 heavy (non-hydrogen) atoms. The number of Topliss-reactive ketones (excluding diaryl/α,β-unsaturated/α-hetero) is 1. The summed E-state index contributed by atoms with van der Waals surface area (Å²) in [6.45, 7) is 8.82. The van der Waals surface area contributed by atoms with Crippen molar-refractivity contribution in [1.29, 1.82) is 0 Å². The Morgan fingerprint density at radius 3 is 1.14 bits per heavy atom. The van der Waals surface area contributed by atoms with E-state index in [1.165, 1.54) is 127 Å². The smallest absolute Gasteiger partial charge is 0.311 e. The van der Waals surface area contributed by atoms with Crippen molar-refractivity contribution < 1.29 is 42.9 Å². The molecule has 3 aromatic rings. The van der Waals surface area contributed by atoms with Crippen molar-refractivity contribution in [3.63, 3.8) is 0 Å². The predicted molar refractivity (Wildman–Crippen MR) is 298 cm³/mol. The van der Waals surface area contributed by atoms with E-state index in [0.29, 0.717) is 31.2 Å². The second-order valence-corrected chi connectivity index (χ2v) is 20.7. The van der Waals surface area contributed by atoms with Crippen molar-refractivity contribution in [2.45, 2.75) is 285 Å². The zero-order valence-corrected chi connectivity index (χ0v) is 46.3. The maximum Gasteiger partial charge on any atom is 0.311 e. The van der Waals surface area contributed by atoms with Gasteiger partial charge in [0.25, 0.3) is 0 Å². The molecule has 0 fully saturated rings. The van der Waals surface area contributed by atoms with E-state index >= 15 is 4.79 Å². The van der Waals surface area contributed by atoms with Crippen molar-refractivity contribution in [2.24, 2.45) is 0 Å². The summed E-state index contributed by atoms with van der Waals surface area (Å²) in [7, 11) is 0. The molecule has 0 amide bonds. The summed E-state index contributed by atoms with van der Waals surface area (Å²) in [6, 6.07) is 7.31. The van der Waals surface area contributed by atoms with Crippen molar-refractivity contribution in [3.8, 4) is 34.3 Å². The minimum atomic E-state index is -0.805. The fourth-order valence-corrected chi connectivity index (χ4v) is 9.59. The molecule has 3 rings (SSSR count). The van der Waals surface area contributed by atoms with Gasteiger partial charge in [-0.1, -0.05) is 233 Å². The number of rotatable bonds is 45. The molecule has 1 heterocycles. The molecule has 1 N–H and O–H groups in total. The predicted octanol–water partition coefficient (Wildman–Crippen LogP) is 18.7. The SMILES string of the molecule is CCCCCCCCCCCC(=O)Oc1cc2oc(-c3ccc(O)cc3)c(OC(=O)CCCCCCCCCCC)c(=O)c2c(OC(=O)CCCCCCCCCCC)c1C(=O)CCCCCCCCCCC. The molecule has 2 aromatic carbocycles. The van der Waals surface area contributed by atoms with Gasteiger partial charge in [-0.25, -0.2) is 0 Å². The van der Waals surface area contributed by atoms with Crippen LogP contribution in [-0.4, -0.2) is 28.8 Å². The molecule has 10 heteroatoms. The maximum atomic E-state index is 15.1. The molecular weight excluding hydrogens is 917 g/mol. The number of carbonyl (C=O) groups excluding carboxylic acids is 4. The van der Waals surface area contributed by atoms with Gasteiger partial charge in [0, 0.05) is 37.3 Å². The topological polar surface area (TPSA) is 146 Å². The Morgan fingerprint density at radius 1 is 0.425 bits per heavy atom. The molecule has 0 radical (unpaired) electrons. The van der Waals surface area contributed by atoms with Crippen LogP contribution >= 0.6 is 0 Å². The average Bonchev–Trinajstić information content (AvgIpc) is 3.37. The van der Waals surface area contributed by atoms with Crippen LogP contribution in [0.25, 0.3) is 22.3 Å². The molecule has 0 aliphatic carbocycles. The number of aromatic hydroxyl groups is 1. The first kappa shape index (κ1) is 62.8. The summed E-state index contributed by atoms with van der Waals surface area (Å²) >= 11 is 0. The van der Waals surface area contributed by atoms with E-state index in [4.69, 9.17) is 18.6 Å². The molecule has 0 aliphatic heterocycles. The van der Waals surface area contributed by atoms with E-state index in [1.807, 2.05) is 0 Å². The largest absolute Gasteiger partial charge is 0.508 e. The van der Waals surface area contributed by atoms with Gasteiger partial charge in [-0.3, -0.25) is 24.0 Å². The average molecular weight is 1020 g/mol. The van der Waals surface area contributed by atoms with E-state index in [2.05, 4.69) is 27.7 Å². The number of hydrogen-bond acceptors (Lipinski definition) is 10. The minimum absolute atomic E-state index is 0.0201. The van der Waals surface area contributed by atoms with Crippen molar-refractivity contribution in [1.82, 2.24) is 0 Å². The number of hydrogen-bond donors (Lipinski definition) is 1. The highest BCUT2D eigenvalue weighted by Gasteiger charge is 2.31. The van der Waals surface area contributed by atoms with E-state index < -0.39 is 34.9 Å². The van der Waals surface area contributed by atoms with Crippen LogP contribution in [0.15, 0.2) is 39.5 Å². The fraction of sp³-hybridized carbons (Fsp3) is 0.698. The van der Waals surface area contributed by atoms with E-state index in [0.717, 1.165) is 96.3 Å². The molecule has 0 saturated heterocycles. The summed E-state index contributed by atoms with van der Waals surface area (Å²) in [6.07, 6.45) is 38.4. The molecule has 0 spiro atoms. The Morgan fingerprint density at radius 2 is 0.753 bits per heavy atom. The minimum Gasteiger partial charge on any atom is -0.508 e. The number of fused-ring (bicyclic) bond motifs is 1. The molecule has 0 aliphatic rings. The molecule has 0 saturated carbocycles. The number of esters is 3. The van der Waals surface area contributed by atoms with Gasteiger partial charge in [0.15, 0.2) is 17.3 Å². The Bertz CT molecular complexity index is 2050. The van der Waals surface area contributed by atoms with E-state index in [9.17, 15) is 24.3 Å². The van der Waals surface area contributed by atoms with Crippen LogP contribution in [0.2, 0.25) is 0 Å².